The summed E-state index contributed by atoms with van der Waals surface area (Å²) >= 11 is 1.66. The van der Waals surface area contributed by atoms with Gasteiger partial charge in [-0.15, -0.1) is 0 Å². The van der Waals surface area contributed by atoms with Gasteiger partial charge in [0.15, 0.2) is 5.43 Å². The molecule has 6 heteroatoms. The maximum atomic E-state index is 12.4. The van der Waals surface area contributed by atoms with Crippen LogP contribution in [0.25, 0.3) is 22.3 Å². The molecule has 0 saturated carbocycles. The second-order valence-electron chi connectivity index (χ2n) is 6.05. The number of thioether (sulfide) groups is 1. The third-order valence-electron chi connectivity index (χ3n) is 4.22. The molecular formula is C21H21NO4S. The highest BCUT2D eigenvalue weighted by molar-refractivity contribution is 7.98. The Morgan fingerprint density at radius 1 is 1.19 bits per heavy atom. The fourth-order valence-corrected chi connectivity index (χ4v) is 3.29. The summed E-state index contributed by atoms with van der Waals surface area (Å²) < 4.78 is 10.8. The molecule has 3 aromatic rings. The SMILES string of the molecule is COC(=O)[C@H](CCSC)Nc1ccc2c(=O)cc(-c3ccccc3)oc2c1. The van der Waals surface area contributed by atoms with Crippen molar-refractivity contribution in [3.63, 3.8) is 0 Å². The van der Waals surface area contributed by atoms with E-state index in [4.69, 9.17) is 9.15 Å². The Balaban J connectivity index is 1.95. The molecule has 0 amide bonds. The van der Waals surface area contributed by atoms with Crippen LogP contribution in [0.2, 0.25) is 0 Å². The van der Waals surface area contributed by atoms with Crippen LogP contribution in [0, 0.1) is 0 Å². The number of nitrogens with one attached hydrogen (secondary N) is 1. The Kier molecular flexibility index (Phi) is 6.19. The van der Waals surface area contributed by atoms with Gasteiger partial charge in [-0.3, -0.25) is 4.79 Å². The van der Waals surface area contributed by atoms with Crippen molar-refractivity contribution < 1.29 is 13.9 Å². The first-order chi connectivity index (χ1) is 13.1. The van der Waals surface area contributed by atoms with Gasteiger partial charge in [-0.1, -0.05) is 30.3 Å². The van der Waals surface area contributed by atoms with Crippen LogP contribution >= 0.6 is 11.8 Å². The molecule has 0 fully saturated rings. The van der Waals surface area contributed by atoms with E-state index in [2.05, 4.69) is 5.32 Å². The summed E-state index contributed by atoms with van der Waals surface area (Å²) in [6.45, 7) is 0. The summed E-state index contributed by atoms with van der Waals surface area (Å²) in [5.74, 6) is 1.02. The molecule has 0 saturated heterocycles. The van der Waals surface area contributed by atoms with Gasteiger partial charge in [0, 0.05) is 23.4 Å². The molecule has 5 nitrogen and oxygen atoms in total. The minimum absolute atomic E-state index is 0.103. The maximum absolute atomic E-state index is 12.4. The van der Waals surface area contributed by atoms with Gasteiger partial charge in [0.1, 0.15) is 17.4 Å². The molecule has 0 spiro atoms. The molecule has 0 aliphatic rings. The van der Waals surface area contributed by atoms with Crippen LogP contribution in [-0.4, -0.2) is 31.1 Å². The van der Waals surface area contributed by atoms with Gasteiger partial charge in [-0.2, -0.15) is 11.8 Å². The second kappa shape index (κ2) is 8.77. The van der Waals surface area contributed by atoms with Crippen LogP contribution in [0.5, 0.6) is 0 Å². The molecule has 0 radical (unpaired) electrons. The summed E-state index contributed by atoms with van der Waals surface area (Å²) in [5, 5.41) is 3.68. The van der Waals surface area contributed by atoms with Crippen molar-refractivity contribution in [3.05, 3.63) is 64.8 Å². The lowest BCUT2D eigenvalue weighted by molar-refractivity contribution is -0.141. The van der Waals surface area contributed by atoms with Crippen molar-refractivity contribution in [2.75, 3.05) is 24.4 Å². The maximum Gasteiger partial charge on any atom is 0.328 e. The highest BCUT2D eigenvalue weighted by Crippen LogP contribution is 2.24. The minimum Gasteiger partial charge on any atom is -0.467 e. The number of anilines is 1. The summed E-state index contributed by atoms with van der Waals surface area (Å²) in [6.07, 6.45) is 2.63. The number of carbonyl (C=O) groups excluding carboxylic acids is 1. The van der Waals surface area contributed by atoms with Crippen LogP contribution in [0.15, 0.2) is 63.8 Å². The van der Waals surface area contributed by atoms with Crippen LogP contribution in [0.3, 0.4) is 0 Å². The third kappa shape index (κ3) is 4.52. The molecule has 0 unspecified atom stereocenters. The number of hydrogen-bond acceptors (Lipinski definition) is 6. The van der Waals surface area contributed by atoms with Gasteiger partial charge < -0.3 is 14.5 Å². The van der Waals surface area contributed by atoms with E-state index in [0.29, 0.717) is 28.8 Å². The largest absolute Gasteiger partial charge is 0.467 e. The zero-order chi connectivity index (χ0) is 19.2. The summed E-state index contributed by atoms with van der Waals surface area (Å²) in [7, 11) is 1.38. The molecule has 2 aromatic carbocycles. The van der Waals surface area contributed by atoms with E-state index in [0.717, 1.165) is 11.3 Å². The molecular weight excluding hydrogens is 362 g/mol. The summed E-state index contributed by atoms with van der Waals surface area (Å²) in [4.78, 5) is 24.5. The predicted molar refractivity (Wildman–Crippen MR) is 110 cm³/mol. The number of ether oxygens (including phenoxy) is 1. The Labute approximate surface area is 161 Å². The minimum atomic E-state index is -0.455. The molecule has 3 rings (SSSR count). The summed E-state index contributed by atoms with van der Waals surface area (Å²) in [6, 6.07) is 15.8. The van der Waals surface area contributed by atoms with Crippen molar-refractivity contribution in [3.8, 4) is 11.3 Å². The quantitative estimate of drug-likeness (QED) is 0.618. The smallest absolute Gasteiger partial charge is 0.328 e. The summed E-state index contributed by atoms with van der Waals surface area (Å²) in [5.41, 5.74) is 1.91. The Morgan fingerprint density at radius 2 is 1.96 bits per heavy atom. The van der Waals surface area contributed by atoms with E-state index in [-0.39, 0.29) is 11.4 Å². The molecule has 1 N–H and O–H groups in total. The molecule has 140 valence electrons. The van der Waals surface area contributed by atoms with Crippen molar-refractivity contribution in [1.82, 2.24) is 0 Å². The number of esters is 1. The molecule has 0 aliphatic heterocycles. The van der Waals surface area contributed by atoms with E-state index < -0.39 is 6.04 Å². The number of carbonyl (C=O) groups is 1. The lowest BCUT2D eigenvalue weighted by atomic mass is 10.1. The number of rotatable bonds is 7. The fraction of sp³-hybridized carbons (Fsp3) is 0.238. The lowest BCUT2D eigenvalue weighted by Crippen LogP contribution is -2.31. The Hall–Kier alpha value is -2.73. The van der Waals surface area contributed by atoms with Gasteiger partial charge in [-0.05, 0) is 30.6 Å². The average Bonchev–Trinajstić information content (AvgIpc) is 2.70. The van der Waals surface area contributed by atoms with E-state index in [9.17, 15) is 9.59 Å². The number of fused-ring (bicyclic) bond motifs is 1. The monoisotopic (exact) mass is 383 g/mol. The van der Waals surface area contributed by atoms with Crippen LogP contribution in [-0.2, 0) is 9.53 Å². The lowest BCUT2D eigenvalue weighted by Gasteiger charge is -2.17. The van der Waals surface area contributed by atoms with Crippen molar-refractivity contribution in [2.45, 2.75) is 12.5 Å². The van der Waals surface area contributed by atoms with Crippen LogP contribution < -0.4 is 10.7 Å². The first-order valence-electron chi connectivity index (χ1n) is 8.59. The normalized spacial score (nSPS) is 11.9. The second-order valence-corrected chi connectivity index (χ2v) is 7.04. The molecule has 27 heavy (non-hydrogen) atoms. The number of benzene rings is 2. The topological polar surface area (TPSA) is 68.5 Å². The molecule has 1 atom stereocenters. The zero-order valence-electron chi connectivity index (χ0n) is 15.2. The Bertz CT molecular complexity index is 984. The van der Waals surface area contributed by atoms with Gasteiger partial charge in [0.25, 0.3) is 0 Å². The molecule has 1 heterocycles. The van der Waals surface area contributed by atoms with E-state index in [1.807, 2.05) is 36.6 Å². The van der Waals surface area contributed by atoms with Gasteiger partial charge in [-0.25, -0.2) is 4.79 Å². The standard InChI is InChI=1S/C21H21NO4S/c1-25-21(24)17(10-11-27-2)22-15-8-9-16-18(23)13-19(26-20(16)12-15)14-6-4-3-5-7-14/h3-9,12-13,17,22H,10-11H2,1-2H3/t17-/m0/s1. The van der Waals surface area contributed by atoms with Gasteiger partial charge in [0.2, 0.25) is 0 Å². The van der Waals surface area contributed by atoms with Crippen LogP contribution in [0.1, 0.15) is 6.42 Å². The highest BCUT2D eigenvalue weighted by atomic mass is 32.2. The zero-order valence-corrected chi connectivity index (χ0v) is 16.0. The number of methoxy groups -OCH3 is 1. The fourth-order valence-electron chi connectivity index (χ4n) is 2.82. The van der Waals surface area contributed by atoms with E-state index >= 15 is 0 Å². The average molecular weight is 383 g/mol. The molecule has 1 aromatic heterocycles. The predicted octanol–water partition coefficient (Wildman–Crippen LogP) is 4.17. The first kappa shape index (κ1) is 19.0. The van der Waals surface area contributed by atoms with Crippen molar-refractivity contribution in [1.29, 1.82) is 0 Å². The van der Waals surface area contributed by atoms with Crippen LogP contribution in [0.4, 0.5) is 5.69 Å². The number of hydrogen-bond donors (Lipinski definition) is 1. The molecule has 0 aliphatic carbocycles. The van der Waals surface area contributed by atoms with Gasteiger partial charge >= 0.3 is 5.97 Å². The first-order valence-corrected chi connectivity index (χ1v) is 9.98. The Morgan fingerprint density at radius 3 is 2.67 bits per heavy atom. The third-order valence-corrected chi connectivity index (χ3v) is 4.87. The highest BCUT2D eigenvalue weighted by Gasteiger charge is 2.19. The van der Waals surface area contributed by atoms with Gasteiger partial charge in [0.05, 0.1) is 12.5 Å². The van der Waals surface area contributed by atoms with E-state index in [1.54, 1.807) is 30.0 Å². The van der Waals surface area contributed by atoms with Crippen molar-refractivity contribution >= 4 is 34.4 Å². The molecule has 0 bridgehead atoms. The van der Waals surface area contributed by atoms with E-state index in [1.165, 1.54) is 13.2 Å². The van der Waals surface area contributed by atoms with Crippen molar-refractivity contribution in [2.24, 2.45) is 0 Å².